The molecular weight excluding hydrogens is 386 g/mol. The van der Waals surface area contributed by atoms with Crippen molar-refractivity contribution in [3.8, 4) is 5.75 Å². The van der Waals surface area contributed by atoms with Gasteiger partial charge in [0.25, 0.3) is 11.4 Å². The SMILES string of the molecule is CCCCOc1ccc(N(c2ccc([N+](=O)[O-])cc2)c2ccc([N+](=O)[O-])cc2)cc1. The first kappa shape index (κ1) is 20.8. The molecule has 0 fully saturated rings. The monoisotopic (exact) mass is 407 g/mol. The standard InChI is InChI=1S/C22H21N3O5/c1-2-3-16-30-22-14-12-19(13-15-22)23(17-4-8-20(9-5-17)24(26)27)18-6-10-21(11-7-18)25(28)29/h4-15H,2-3,16H2,1H3. The number of rotatable bonds is 9. The predicted molar refractivity (Wildman–Crippen MR) is 115 cm³/mol. The Morgan fingerprint density at radius 1 is 0.733 bits per heavy atom. The zero-order valence-electron chi connectivity index (χ0n) is 16.4. The largest absolute Gasteiger partial charge is 0.494 e. The first-order valence-corrected chi connectivity index (χ1v) is 9.51. The number of unbranched alkanes of at least 4 members (excludes halogenated alkanes) is 1. The average molecular weight is 407 g/mol. The van der Waals surface area contributed by atoms with Gasteiger partial charge in [-0.25, -0.2) is 0 Å². The molecule has 0 aliphatic heterocycles. The van der Waals surface area contributed by atoms with Crippen LogP contribution in [0.4, 0.5) is 28.4 Å². The summed E-state index contributed by atoms with van der Waals surface area (Å²) in [5.74, 6) is 0.750. The fourth-order valence-corrected chi connectivity index (χ4v) is 2.92. The minimum Gasteiger partial charge on any atom is -0.494 e. The van der Waals surface area contributed by atoms with E-state index >= 15 is 0 Å². The van der Waals surface area contributed by atoms with Crippen LogP contribution in [-0.4, -0.2) is 16.5 Å². The Hall–Kier alpha value is -3.94. The average Bonchev–Trinajstić information content (AvgIpc) is 2.76. The van der Waals surface area contributed by atoms with Crippen molar-refractivity contribution in [3.63, 3.8) is 0 Å². The summed E-state index contributed by atoms with van der Waals surface area (Å²) in [5, 5.41) is 22.0. The lowest BCUT2D eigenvalue weighted by Gasteiger charge is -2.25. The summed E-state index contributed by atoms with van der Waals surface area (Å²) in [4.78, 5) is 22.9. The molecular formula is C22H21N3O5. The number of nitrogens with zero attached hydrogens (tertiary/aromatic N) is 3. The van der Waals surface area contributed by atoms with Crippen molar-refractivity contribution in [1.82, 2.24) is 0 Å². The van der Waals surface area contributed by atoms with E-state index in [1.807, 2.05) is 29.2 Å². The number of anilines is 3. The zero-order valence-corrected chi connectivity index (χ0v) is 16.4. The molecule has 0 bridgehead atoms. The molecule has 0 unspecified atom stereocenters. The van der Waals surface area contributed by atoms with E-state index in [9.17, 15) is 20.2 Å². The smallest absolute Gasteiger partial charge is 0.269 e. The number of nitro groups is 2. The van der Waals surface area contributed by atoms with Gasteiger partial charge in [0.05, 0.1) is 16.5 Å². The second-order valence-electron chi connectivity index (χ2n) is 6.58. The summed E-state index contributed by atoms with van der Waals surface area (Å²) in [7, 11) is 0. The van der Waals surface area contributed by atoms with E-state index < -0.39 is 9.85 Å². The van der Waals surface area contributed by atoms with E-state index in [-0.39, 0.29) is 11.4 Å². The minimum absolute atomic E-state index is 0.0120. The molecule has 0 atom stereocenters. The number of hydrogen-bond donors (Lipinski definition) is 0. The predicted octanol–water partition coefficient (Wildman–Crippen LogP) is 6.15. The maximum absolute atomic E-state index is 11.0. The first-order chi connectivity index (χ1) is 14.5. The molecule has 0 aliphatic carbocycles. The van der Waals surface area contributed by atoms with Crippen LogP contribution in [0.5, 0.6) is 5.75 Å². The number of nitro benzene ring substituents is 2. The van der Waals surface area contributed by atoms with Gasteiger partial charge in [-0.3, -0.25) is 20.2 Å². The Labute approximate surface area is 173 Å². The van der Waals surface area contributed by atoms with Crippen molar-refractivity contribution < 1.29 is 14.6 Å². The molecule has 3 aromatic carbocycles. The summed E-state index contributed by atoms with van der Waals surface area (Å²) < 4.78 is 5.71. The van der Waals surface area contributed by atoms with Gasteiger partial charge < -0.3 is 9.64 Å². The van der Waals surface area contributed by atoms with Crippen molar-refractivity contribution >= 4 is 28.4 Å². The van der Waals surface area contributed by atoms with E-state index in [0.717, 1.165) is 24.3 Å². The van der Waals surface area contributed by atoms with Gasteiger partial charge in [-0.1, -0.05) is 13.3 Å². The highest BCUT2D eigenvalue weighted by Gasteiger charge is 2.16. The minimum atomic E-state index is -0.456. The third-order valence-corrected chi connectivity index (χ3v) is 4.50. The second-order valence-corrected chi connectivity index (χ2v) is 6.58. The van der Waals surface area contributed by atoms with Gasteiger partial charge in [-0.05, 0) is 55.0 Å². The topological polar surface area (TPSA) is 98.8 Å². The van der Waals surface area contributed by atoms with Gasteiger partial charge >= 0.3 is 0 Å². The molecule has 0 aromatic heterocycles. The molecule has 30 heavy (non-hydrogen) atoms. The molecule has 0 amide bonds. The highest BCUT2D eigenvalue weighted by Crippen LogP contribution is 2.36. The lowest BCUT2D eigenvalue weighted by molar-refractivity contribution is -0.385. The van der Waals surface area contributed by atoms with Crippen LogP contribution in [0.1, 0.15) is 19.8 Å². The van der Waals surface area contributed by atoms with Crippen LogP contribution in [0.25, 0.3) is 0 Å². The lowest BCUT2D eigenvalue weighted by atomic mass is 10.1. The number of non-ortho nitro benzene ring substituents is 2. The Morgan fingerprint density at radius 2 is 1.13 bits per heavy atom. The van der Waals surface area contributed by atoms with E-state index in [1.165, 1.54) is 24.3 Å². The quantitative estimate of drug-likeness (QED) is 0.240. The molecule has 8 heteroatoms. The van der Waals surface area contributed by atoms with Crippen LogP contribution in [0.15, 0.2) is 72.8 Å². The van der Waals surface area contributed by atoms with Gasteiger partial charge in [-0.2, -0.15) is 0 Å². The van der Waals surface area contributed by atoms with Crippen LogP contribution >= 0.6 is 0 Å². The first-order valence-electron chi connectivity index (χ1n) is 9.51. The molecule has 3 aromatic rings. The van der Waals surface area contributed by atoms with Gasteiger partial charge in [0.15, 0.2) is 0 Å². The van der Waals surface area contributed by atoms with Gasteiger partial charge in [-0.15, -0.1) is 0 Å². The Bertz CT molecular complexity index is 945. The fraction of sp³-hybridized carbons (Fsp3) is 0.182. The molecule has 0 saturated heterocycles. The van der Waals surface area contributed by atoms with Crippen molar-refractivity contribution in [3.05, 3.63) is 93.0 Å². The maximum atomic E-state index is 11.0. The molecule has 3 rings (SSSR count). The molecule has 0 radical (unpaired) electrons. The van der Waals surface area contributed by atoms with Gasteiger partial charge in [0.1, 0.15) is 5.75 Å². The van der Waals surface area contributed by atoms with Crippen molar-refractivity contribution in [2.75, 3.05) is 11.5 Å². The molecule has 0 heterocycles. The number of ether oxygens (including phenoxy) is 1. The van der Waals surface area contributed by atoms with E-state index in [2.05, 4.69) is 6.92 Å². The zero-order chi connectivity index (χ0) is 21.5. The van der Waals surface area contributed by atoms with Crippen LogP contribution in [-0.2, 0) is 0 Å². The van der Waals surface area contributed by atoms with Crippen molar-refractivity contribution in [2.24, 2.45) is 0 Å². The van der Waals surface area contributed by atoms with E-state index in [4.69, 9.17) is 4.74 Å². The maximum Gasteiger partial charge on any atom is 0.269 e. The highest BCUT2D eigenvalue weighted by molar-refractivity contribution is 5.77. The Kier molecular flexibility index (Phi) is 6.59. The number of benzene rings is 3. The molecule has 8 nitrogen and oxygen atoms in total. The highest BCUT2D eigenvalue weighted by atomic mass is 16.6. The van der Waals surface area contributed by atoms with Crippen molar-refractivity contribution in [1.29, 1.82) is 0 Å². The number of hydrogen-bond acceptors (Lipinski definition) is 6. The second kappa shape index (κ2) is 9.51. The van der Waals surface area contributed by atoms with E-state index in [0.29, 0.717) is 18.0 Å². The fourth-order valence-electron chi connectivity index (χ4n) is 2.92. The van der Waals surface area contributed by atoms with Crippen LogP contribution in [0.3, 0.4) is 0 Å². The molecule has 154 valence electrons. The summed E-state index contributed by atoms with van der Waals surface area (Å²) >= 11 is 0. The van der Waals surface area contributed by atoms with Crippen LogP contribution in [0.2, 0.25) is 0 Å². The van der Waals surface area contributed by atoms with Crippen molar-refractivity contribution in [2.45, 2.75) is 19.8 Å². The molecule has 0 saturated carbocycles. The summed E-state index contributed by atoms with van der Waals surface area (Å²) in [6.07, 6.45) is 2.02. The normalized spacial score (nSPS) is 10.4. The molecule has 0 N–H and O–H groups in total. The summed E-state index contributed by atoms with van der Waals surface area (Å²) in [6.45, 7) is 2.74. The Balaban J connectivity index is 1.96. The molecule has 0 spiro atoms. The summed E-state index contributed by atoms with van der Waals surface area (Å²) in [5.41, 5.74) is 2.15. The van der Waals surface area contributed by atoms with Gasteiger partial charge in [0, 0.05) is 41.3 Å². The third kappa shape index (κ3) is 4.91. The van der Waals surface area contributed by atoms with E-state index in [1.54, 1.807) is 24.3 Å². The molecule has 0 aliphatic rings. The third-order valence-electron chi connectivity index (χ3n) is 4.50. The summed E-state index contributed by atoms with van der Waals surface area (Å²) in [6, 6.07) is 19.8. The van der Waals surface area contributed by atoms with Crippen LogP contribution in [0, 0.1) is 20.2 Å². The lowest BCUT2D eigenvalue weighted by Crippen LogP contribution is -2.10. The van der Waals surface area contributed by atoms with Gasteiger partial charge in [0.2, 0.25) is 0 Å². The van der Waals surface area contributed by atoms with Crippen LogP contribution < -0.4 is 9.64 Å². The Morgan fingerprint density at radius 3 is 1.50 bits per heavy atom.